The molecule has 0 heterocycles. The summed E-state index contributed by atoms with van der Waals surface area (Å²) >= 11 is 0. The number of aldehydes is 1. The van der Waals surface area contributed by atoms with Gasteiger partial charge in [0, 0.05) is 0 Å². The minimum Gasteiger partial charge on any atom is -0.414 e. The van der Waals surface area contributed by atoms with E-state index >= 15 is 0 Å². The van der Waals surface area contributed by atoms with Gasteiger partial charge in [-0.05, 0) is 36.3 Å². The summed E-state index contributed by atoms with van der Waals surface area (Å²) in [5.74, 6) is 0. The summed E-state index contributed by atoms with van der Waals surface area (Å²) in [6.45, 7) is 18.8. The molecular weight excluding hydrogens is 536 g/mol. The summed E-state index contributed by atoms with van der Waals surface area (Å²) < 4.78 is 16.9. The van der Waals surface area contributed by atoms with Gasteiger partial charge >= 0.3 is 0 Å². The standard InChI is InChI=1S/C24H52O12Si2/c1-23(2,3)37(7,8)34-12-15(27)17(29)19(31)20(32)22(33)36-21(18(30)14(26)11-25)16(28)13-35-38(9,10)24(4,5)6/h11,14-22,26-33H,12-13H2,1-10H3/t14-,15+,16+,17-,18+,19-,20+,21-,22+/m0/s1. The Morgan fingerprint density at radius 3 is 1.39 bits per heavy atom. The smallest absolute Gasteiger partial charge is 0.192 e. The molecule has 0 saturated carbocycles. The number of hydrogen-bond donors (Lipinski definition) is 8. The highest BCUT2D eigenvalue weighted by Crippen LogP contribution is 2.37. The maximum Gasteiger partial charge on any atom is 0.192 e. The zero-order chi connectivity index (χ0) is 30.4. The van der Waals surface area contributed by atoms with Crippen LogP contribution in [0.4, 0.5) is 0 Å². The van der Waals surface area contributed by atoms with Crippen molar-refractivity contribution in [1.82, 2.24) is 0 Å². The summed E-state index contributed by atoms with van der Waals surface area (Å²) in [4.78, 5) is 11.0. The lowest BCUT2D eigenvalue weighted by molar-refractivity contribution is -0.259. The molecular formula is C24H52O12Si2. The fourth-order valence-electron chi connectivity index (χ4n) is 2.73. The van der Waals surface area contributed by atoms with Crippen LogP contribution in [0, 0.1) is 0 Å². The lowest BCUT2D eigenvalue weighted by Crippen LogP contribution is -2.56. The van der Waals surface area contributed by atoms with Gasteiger partial charge in [0.2, 0.25) is 0 Å². The van der Waals surface area contributed by atoms with E-state index in [0.29, 0.717) is 0 Å². The Labute approximate surface area is 228 Å². The number of carbonyl (C=O) groups is 1. The van der Waals surface area contributed by atoms with E-state index in [1.807, 2.05) is 67.7 Å². The third-order valence-corrected chi connectivity index (χ3v) is 16.7. The summed E-state index contributed by atoms with van der Waals surface area (Å²) in [5.41, 5.74) is 0. The Kier molecular flexibility index (Phi) is 14.4. The van der Waals surface area contributed by atoms with Crippen LogP contribution < -0.4 is 0 Å². The van der Waals surface area contributed by atoms with Crippen molar-refractivity contribution >= 4 is 22.9 Å². The molecule has 0 aliphatic carbocycles. The fraction of sp³-hybridized carbons (Fsp3) is 0.958. The first-order chi connectivity index (χ1) is 16.9. The molecule has 8 N–H and O–H groups in total. The highest BCUT2D eigenvalue weighted by Gasteiger charge is 2.43. The van der Waals surface area contributed by atoms with Gasteiger partial charge in [0.15, 0.2) is 29.2 Å². The van der Waals surface area contributed by atoms with Gasteiger partial charge in [0.25, 0.3) is 0 Å². The molecule has 228 valence electrons. The molecule has 0 aromatic heterocycles. The van der Waals surface area contributed by atoms with E-state index in [9.17, 15) is 45.6 Å². The van der Waals surface area contributed by atoms with Crippen LogP contribution in [-0.4, -0.2) is 132 Å². The monoisotopic (exact) mass is 588 g/mol. The zero-order valence-electron chi connectivity index (χ0n) is 24.4. The lowest BCUT2D eigenvalue weighted by Gasteiger charge is -2.39. The van der Waals surface area contributed by atoms with E-state index < -0.39 is 71.8 Å². The molecule has 38 heavy (non-hydrogen) atoms. The highest BCUT2D eigenvalue weighted by molar-refractivity contribution is 6.74. The maximum atomic E-state index is 11.0. The second-order valence-electron chi connectivity index (χ2n) is 12.9. The van der Waals surface area contributed by atoms with Crippen LogP contribution in [0.15, 0.2) is 0 Å². The van der Waals surface area contributed by atoms with Crippen LogP contribution in [0.3, 0.4) is 0 Å². The SMILES string of the molecule is CC(C)(C)[Si](C)(C)OC[C@@H](O)[C@H](O)[C@H](O)[C@@H](O)[C@H](O)O[C@H]([C@H](O)[C@@H](O)C=O)[C@H](O)CO[Si](C)(C)C(C)(C)C. The zero-order valence-corrected chi connectivity index (χ0v) is 26.4. The van der Waals surface area contributed by atoms with Crippen molar-refractivity contribution in [2.75, 3.05) is 13.2 Å². The molecule has 0 aliphatic rings. The van der Waals surface area contributed by atoms with Gasteiger partial charge in [0.05, 0.1) is 13.2 Å². The Morgan fingerprint density at radius 2 is 1.03 bits per heavy atom. The molecule has 0 bridgehead atoms. The van der Waals surface area contributed by atoms with Crippen LogP contribution in [0.25, 0.3) is 0 Å². The summed E-state index contributed by atoms with van der Waals surface area (Å²) in [6, 6.07) is 0. The number of rotatable bonds is 16. The number of aliphatic hydroxyl groups excluding tert-OH is 8. The number of ether oxygens (including phenoxy) is 1. The van der Waals surface area contributed by atoms with Gasteiger partial charge in [-0.3, -0.25) is 0 Å². The van der Waals surface area contributed by atoms with Gasteiger partial charge in [0.1, 0.15) is 48.8 Å². The lowest BCUT2D eigenvalue weighted by atomic mass is 10.0. The summed E-state index contributed by atoms with van der Waals surface area (Å²) in [5, 5.41) is 82.2. The van der Waals surface area contributed by atoms with Crippen molar-refractivity contribution in [1.29, 1.82) is 0 Å². The van der Waals surface area contributed by atoms with Crippen LogP contribution in [0.1, 0.15) is 41.5 Å². The second-order valence-corrected chi connectivity index (χ2v) is 22.5. The third-order valence-electron chi connectivity index (χ3n) is 7.73. The Hall–Kier alpha value is -0.336. The van der Waals surface area contributed by atoms with E-state index in [1.54, 1.807) is 0 Å². The second kappa shape index (κ2) is 14.5. The average molecular weight is 589 g/mol. The molecule has 0 rings (SSSR count). The van der Waals surface area contributed by atoms with Crippen molar-refractivity contribution in [3.63, 3.8) is 0 Å². The molecule has 9 atom stereocenters. The summed E-state index contributed by atoms with van der Waals surface area (Å²) in [7, 11) is -4.67. The molecule has 0 aromatic carbocycles. The Balaban J connectivity index is 5.49. The van der Waals surface area contributed by atoms with Crippen molar-refractivity contribution in [3.05, 3.63) is 0 Å². The predicted octanol–water partition coefficient (Wildman–Crippen LogP) is -0.541. The normalized spacial score (nSPS) is 21.1. The van der Waals surface area contributed by atoms with Crippen LogP contribution in [-0.2, 0) is 18.4 Å². The molecule has 0 spiro atoms. The Bertz CT molecular complexity index is 709. The minimum atomic E-state index is -2.38. The summed E-state index contributed by atoms with van der Waals surface area (Å²) in [6.07, 6.45) is -17.8. The van der Waals surface area contributed by atoms with Crippen LogP contribution >= 0.6 is 0 Å². The molecule has 0 amide bonds. The molecule has 0 unspecified atom stereocenters. The largest absolute Gasteiger partial charge is 0.414 e. The van der Waals surface area contributed by atoms with Crippen molar-refractivity contribution in [2.24, 2.45) is 0 Å². The topological polar surface area (TPSA) is 207 Å². The number of hydrogen-bond acceptors (Lipinski definition) is 12. The quantitative estimate of drug-likeness (QED) is 0.0650. The van der Waals surface area contributed by atoms with Crippen LogP contribution in [0.2, 0.25) is 36.3 Å². The molecule has 14 heteroatoms. The van der Waals surface area contributed by atoms with Crippen molar-refractivity contribution < 1.29 is 59.2 Å². The molecule has 0 fully saturated rings. The number of aliphatic hydroxyl groups is 8. The van der Waals surface area contributed by atoms with Crippen molar-refractivity contribution in [2.45, 2.75) is 133 Å². The van der Waals surface area contributed by atoms with E-state index in [1.165, 1.54) is 0 Å². The first-order valence-corrected chi connectivity index (χ1v) is 18.6. The maximum absolute atomic E-state index is 11.0. The average Bonchev–Trinajstić information content (AvgIpc) is 2.80. The van der Waals surface area contributed by atoms with Gasteiger partial charge in [-0.15, -0.1) is 0 Å². The molecule has 0 aromatic rings. The Morgan fingerprint density at radius 1 is 0.632 bits per heavy atom. The van der Waals surface area contributed by atoms with E-state index in [2.05, 4.69) is 0 Å². The van der Waals surface area contributed by atoms with E-state index in [4.69, 9.17) is 13.6 Å². The first-order valence-electron chi connectivity index (χ1n) is 12.7. The van der Waals surface area contributed by atoms with E-state index in [-0.39, 0.29) is 29.6 Å². The number of carbonyl (C=O) groups excluding carboxylic acids is 1. The molecule has 0 radical (unpaired) electrons. The predicted molar refractivity (Wildman–Crippen MR) is 145 cm³/mol. The van der Waals surface area contributed by atoms with Gasteiger partial charge in [-0.2, -0.15) is 0 Å². The van der Waals surface area contributed by atoms with E-state index in [0.717, 1.165) is 0 Å². The highest BCUT2D eigenvalue weighted by atomic mass is 28.4. The fourth-order valence-corrected chi connectivity index (χ4v) is 4.77. The van der Waals surface area contributed by atoms with Crippen LogP contribution in [0.5, 0.6) is 0 Å². The minimum absolute atomic E-state index is 0.00259. The molecule has 12 nitrogen and oxygen atoms in total. The first kappa shape index (κ1) is 37.7. The van der Waals surface area contributed by atoms with Gasteiger partial charge in [-0.1, -0.05) is 41.5 Å². The van der Waals surface area contributed by atoms with Gasteiger partial charge in [-0.25, -0.2) is 0 Å². The van der Waals surface area contributed by atoms with Gasteiger partial charge < -0.3 is 59.2 Å². The molecule has 0 saturated heterocycles. The molecule has 0 aliphatic heterocycles. The third kappa shape index (κ3) is 10.6. The van der Waals surface area contributed by atoms with Crippen molar-refractivity contribution in [3.8, 4) is 0 Å².